The second-order valence-corrected chi connectivity index (χ2v) is 10.7. The van der Waals surface area contributed by atoms with Crippen LogP contribution in [0.25, 0.3) is 10.7 Å². The molecule has 3 aromatic rings. The van der Waals surface area contributed by atoms with Gasteiger partial charge in [0.15, 0.2) is 0 Å². The zero-order chi connectivity index (χ0) is 22.9. The summed E-state index contributed by atoms with van der Waals surface area (Å²) in [5, 5.41) is 6.77. The van der Waals surface area contributed by atoms with Crippen LogP contribution in [0, 0.1) is 19.8 Å². The molecule has 1 aliphatic rings. The van der Waals surface area contributed by atoms with E-state index in [1.165, 1.54) is 15.6 Å². The van der Waals surface area contributed by atoms with Crippen LogP contribution >= 0.6 is 11.3 Å². The number of aryl methyl sites for hydroxylation is 2. The topological polar surface area (TPSA) is 115 Å². The van der Waals surface area contributed by atoms with Crippen LogP contribution in [0.2, 0.25) is 0 Å². The quantitative estimate of drug-likeness (QED) is 0.579. The monoisotopic (exact) mass is 476 g/mol. The van der Waals surface area contributed by atoms with E-state index in [1.54, 1.807) is 51.3 Å². The number of carbonyl (C=O) groups is 1. The Bertz CT molecular complexity index is 1210. The Balaban J connectivity index is 1.41. The molecule has 4 rings (SSSR count). The van der Waals surface area contributed by atoms with Crippen LogP contribution in [0.3, 0.4) is 0 Å². The Hall–Kier alpha value is -2.76. The van der Waals surface area contributed by atoms with Crippen molar-refractivity contribution in [2.45, 2.75) is 31.6 Å². The standard InChI is InChI=1S/C21H24N4O5S2/c1-13-19(12-18(31-13)20-22-14(2)30-24-20)32(27,28)25-10-8-15(9-11-25)21(26)23-16-4-6-17(29-3)7-5-16/h4-7,12,15H,8-11H2,1-3H3,(H,23,26). The van der Waals surface area contributed by atoms with Gasteiger partial charge in [-0.3, -0.25) is 4.79 Å². The lowest BCUT2D eigenvalue weighted by Gasteiger charge is -2.30. The fourth-order valence-electron chi connectivity index (χ4n) is 3.65. The van der Waals surface area contributed by atoms with Gasteiger partial charge in [-0.25, -0.2) is 8.42 Å². The molecule has 1 fully saturated rings. The molecule has 0 radical (unpaired) electrons. The average Bonchev–Trinajstić information content (AvgIpc) is 3.40. The number of hydrogen-bond donors (Lipinski definition) is 1. The molecule has 11 heteroatoms. The van der Waals surface area contributed by atoms with Crippen molar-refractivity contribution in [1.82, 2.24) is 14.4 Å². The molecule has 0 atom stereocenters. The van der Waals surface area contributed by atoms with E-state index in [-0.39, 0.29) is 29.8 Å². The maximum Gasteiger partial charge on any atom is 0.244 e. The summed E-state index contributed by atoms with van der Waals surface area (Å²) in [5.74, 6) is 1.16. The molecule has 9 nitrogen and oxygen atoms in total. The second-order valence-electron chi connectivity index (χ2n) is 7.56. The van der Waals surface area contributed by atoms with Gasteiger partial charge in [0.05, 0.1) is 16.9 Å². The van der Waals surface area contributed by atoms with Crippen LogP contribution in [-0.4, -0.2) is 49.0 Å². The first-order chi connectivity index (χ1) is 15.3. The minimum Gasteiger partial charge on any atom is -0.497 e. The Morgan fingerprint density at radius 2 is 1.91 bits per heavy atom. The minimum absolute atomic E-state index is 0.103. The van der Waals surface area contributed by atoms with Crippen LogP contribution in [0.15, 0.2) is 39.8 Å². The van der Waals surface area contributed by atoms with E-state index < -0.39 is 10.0 Å². The largest absolute Gasteiger partial charge is 0.497 e. The van der Waals surface area contributed by atoms with Gasteiger partial charge in [0.1, 0.15) is 5.75 Å². The summed E-state index contributed by atoms with van der Waals surface area (Å²) in [6.07, 6.45) is 0.919. The number of anilines is 1. The fraction of sp³-hybridized carbons (Fsp3) is 0.381. The number of methoxy groups -OCH3 is 1. The normalized spacial score (nSPS) is 15.6. The molecule has 1 N–H and O–H groups in total. The minimum atomic E-state index is -3.68. The molecule has 0 unspecified atom stereocenters. The van der Waals surface area contributed by atoms with E-state index >= 15 is 0 Å². The summed E-state index contributed by atoms with van der Waals surface area (Å²) in [7, 11) is -2.09. The third-order valence-electron chi connectivity index (χ3n) is 5.42. The number of nitrogens with zero attached hydrogens (tertiary/aromatic N) is 3. The number of thiophene rings is 1. The summed E-state index contributed by atoms with van der Waals surface area (Å²) in [6, 6.07) is 8.70. The highest BCUT2D eigenvalue weighted by Crippen LogP contribution is 2.35. The molecule has 1 aliphatic heterocycles. The van der Waals surface area contributed by atoms with Gasteiger partial charge >= 0.3 is 0 Å². The lowest BCUT2D eigenvalue weighted by Crippen LogP contribution is -2.41. The number of piperidine rings is 1. The maximum absolute atomic E-state index is 13.2. The Labute approximate surface area is 190 Å². The van der Waals surface area contributed by atoms with Crippen molar-refractivity contribution in [3.05, 3.63) is 41.1 Å². The molecular weight excluding hydrogens is 452 g/mol. The van der Waals surface area contributed by atoms with E-state index in [0.717, 1.165) is 0 Å². The Morgan fingerprint density at radius 3 is 2.50 bits per heavy atom. The van der Waals surface area contributed by atoms with Crippen molar-refractivity contribution in [1.29, 1.82) is 0 Å². The summed E-state index contributed by atoms with van der Waals surface area (Å²) in [5.41, 5.74) is 0.684. The number of hydrogen-bond acceptors (Lipinski definition) is 8. The molecule has 1 aromatic carbocycles. The lowest BCUT2D eigenvalue weighted by molar-refractivity contribution is -0.120. The highest BCUT2D eigenvalue weighted by atomic mass is 32.2. The number of nitrogens with one attached hydrogen (secondary N) is 1. The third kappa shape index (κ3) is 4.54. The maximum atomic E-state index is 13.2. The summed E-state index contributed by atoms with van der Waals surface area (Å²) in [4.78, 5) is 18.4. The van der Waals surface area contributed by atoms with Gasteiger partial charge < -0.3 is 14.6 Å². The molecule has 3 heterocycles. The zero-order valence-electron chi connectivity index (χ0n) is 18.0. The van der Waals surface area contributed by atoms with Crippen molar-refractivity contribution in [3.8, 4) is 16.5 Å². The van der Waals surface area contributed by atoms with E-state index in [1.807, 2.05) is 0 Å². The van der Waals surface area contributed by atoms with E-state index in [9.17, 15) is 13.2 Å². The van der Waals surface area contributed by atoms with Crippen molar-refractivity contribution in [2.75, 3.05) is 25.5 Å². The van der Waals surface area contributed by atoms with Crippen molar-refractivity contribution in [2.24, 2.45) is 5.92 Å². The van der Waals surface area contributed by atoms with Crippen LogP contribution in [0.4, 0.5) is 5.69 Å². The number of carbonyl (C=O) groups excluding carboxylic acids is 1. The molecule has 1 saturated heterocycles. The highest BCUT2D eigenvalue weighted by molar-refractivity contribution is 7.89. The first-order valence-electron chi connectivity index (χ1n) is 10.1. The number of benzene rings is 1. The predicted molar refractivity (Wildman–Crippen MR) is 120 cm³/mol. The van der Waals surface area contributed by atoms with Gasteiger partial charge in [-0.15, -0.1) is 11.3 Å². The molecule has 170 valence electrons. The number of ether oxygens (including phenoxy) is 1. The van der Waals surface area contributed by atoms with Crippen LogP contribution in [-0.2, 0) is 14.8 Å². The van der Waals surface area contributed by atoms with Crippen LogP contribution in [0.5, 0.6) is 5.75 Å². The number of aromatic nitrogens is 2. The van der Waals surface area contributed by atoms with Gasteiger partial charge in [0.2, 0.25) is 27.6 Å². The summed E-state index contributed by atoms with van der Waals surface area (Å²) >= 11 is 1.32. The highest BCUT2D eigenvalue weighted by Gasteiger charge is 2.34. The SMILES string of the molecule is COc1ccc(NC(=O)C2CCN(S(=O)(=O)c3cc(-c4noc(C)n4)sc3C)CC2)cc1. The van der Waals surface area contributed by atoms with Gasteiger partial charge in [0.25, 0.3) is 0 Å². The molecule has 0 saturated carbocycles. The molecule has 0 bridgehead atoms. The summed E-state index contributed by atoms with van der Waals surface area (Å²) < 4.78 is 38.1. The van der Waals surface area contributed by atoms with Gasteiger partial charge in [-0.2, -0.15) is 9.29 Å². The van der Waals surface area contributed by atoms with E-state index in [0.29, 0.717) is 45.7 Å². The van der Waals surface area contributed by atoms with E-state index in [4.69, 9.17) is 9.26 Å². The average molecular weight is 477 g/mol. The van der Waals surface area contributed by atoms with Crippen molar-refractivity contribution >= 4 is 33.0 Å². The van der Waals surface area contributed by atoms with E-state index in [2.05, 4.69) is 15.5 Å². The van der Waals surface area contributed by atoms with Gasteiger partial charge in [-0.1, -0.05) is 5.16 Å². The molecule has 0 aliphatic carbocycles. The van der Waals surface area contributed by atoms with Crippen molar-refractivity contribution < 1.29 is 22.5 Å². The van der Waals surface area contributed by atoms with Crippen molar-refractivity contribution in [3.63, 3.8) is 0 Å². The number of amides is 1. The predicted octanol–water partition coefficient (Wildman–Crippen LogP) is 3.46. The molecule has 1 amide bonds. The van der Waals surface area contributed by atoms with Gasteiger partial charge in [-0.05, 0) is 50.1 Å². The number of sulfonamides is 1. The first-order valence-corrected chi connectivity index (χ1v) is 12.4. The fourth-order valence-corrected chi connectivity index (χ4v) is 6.60. The van der Waals surface area contributed by atoms with Crippen LogP contribution in [0.1, 0.15) is 23.6 Å². The Kier molecular flexibility index (Phi) is 6.31. The summed E-state index contributed by atoms with van der Waals surface area (Å²) in [6.45, 7) is 4.02. The molecular formula is C21H24N4O5S2. The number of rotatable bonds is 6. The third-order valence-corrected chi connectivity index (χ3v) is 8.62. The van der Waals surface area contributed by atoms with Gasteiger partial charge in [0, 0.05) is 36.5 Å². The molecule has 0 spiro atoms. The second kappa shape index (κ2) is 9.00. The molecule has 32 heavy (non-hydrogen) atoms. The van der Waals surface area contributed by atoms with Crippen LogP contribution < -0.4 is 10.1 Å². The smallest absolute Gasteiger partial charge is 0.244 e. The lowest BCUT2D eigenvalue weighted by atomic mass is 9.97. The Morgan fingerprint density at radius 1 is 1.22 bits per heavy atom. The molecule has 2 aromatic heterocycles. The zero-order valence-corrected chi connectivity index (χ0v) is 19.6. The first kappa shape index (κ1) is 22.4.